The molecule has 1 unspecified atom stereocenters. The standard InChI is InChI=1S/C11H12N4O4/c1-6-11(17)13-9(16)5-14(6)8-4-2-3-7(12)10(8)15(18)19/h2-4,6H,5,12H2,1H3,(H,13,16,17). The molecule has 1 heterocycles. The van der Waals surface area contributed by atoms with Gasteiger partial charge >= 0.3 is 5.69 Å². The van der Waals surface area contributed by atoms with Crippen LogP contribution in [0.25, 0.3) is 0 Å². The van der Waals surface area contributed by atoms with Crippen molar-refractivity contribution in [2.45, 2.75) is 13.0 Å². The summed E-state index contributed by atoms with van der Waals surface area (Å²) in [6, 6.07) is 3.73. The fraction of sp³-hybridized carbons (Fsp3) is 0.273. The summed E-state index contributed by atoms with van der Waals surface area (Å²) in [5.41, 5.74) is 5.46. The number of imide groups is 1. The van der Waals surface area contributed by atoms with Gasteiger partial charge < -0.3 is 10.6 Å². The Labute approximate surface area is 108 Å². The lowest BCUT2D eigenvalue weighted by molar-refractivity contribution is -0.383. The minimum Gasteiger partial charge on any atom is -0.393 e. The van der Waals surface area contributed by atoms with Gasteiger partial charge in [0.1, 0.15) is 17.4 Å². The SMILES string of the molecule is CC1C(=O)NC(=O)CN1c1cccc(N)c1[N+](=O)[O-]. The number of benzene rings is 1. The molecule has 8 nitrogen and oxygen atoms in total. The Morgan fingerprint density at radius 2 is 2.16 bits per heavy atom. The van der Waals surface area contributed by atoms with Crippen LogP contribution in [0, 0.1) is 10.1 Å². The van der Waals surface area contributed by atoms with E-state index in [-0.39, 0.29) is 23.6 Å². The number of carbonyl (C=O) groups is 2. The lowest BCUT2D eigenvalue weighted by atomic mass is 10.1. The third-order valence-corrected chi connectivity index (χ3v) is 2.96. The Hall–Kier alpha value is -2.64. The van der Waals surface area contributed by atoms with Crippen LogP contribution in [-0.2, 0) is 9.59 Å². The van der Waals surface area contributed by atoms with E-state index in [9.17, 15) is 19.7 Å². The van der Waals surface area contributed by atoms with Crippen LogP contribution in [0.2, 0.25) is 0 Å². The van der Waals surface area contributed by atoms with Gasteiger partial charge in [-0.1, -0.05) is 6.07 Å². The molecule has 2 amide bonds. The smallest absolute Gasteiger partial charge is 0.315 e. The molecule has 1 aliphatic rings. The van der Waals surface area contributed by atoms with Crippen LogP contribution < -0.4 is 16.0 Å². The highest BCUT2D eigenvalue weighted by Gasteiger charge is 2.34. The first kappa shape index (κ1) is 12.8. The molecule has 0 saturated carbocycles. The van der Waals surface area contributed by atoms with Gasteiger partial charge in [0.15, 0.2) is 0 Å². The number of nitro benzene ring substituents is 1. The molecular formula is C11H12N4O4. The lowest BCUT2D eigenvalue weighted by Crippen LogP contribution is -2.57. The minimum atomic E-state index is -0.682. The number of piperazine rings is 1. The van der Waals surface area contributed by atoms with Crippen molar-refractivity contribution in [1.82, 2.24) is 5.32 Å². The highest BCUT2D eigenvalue weighted by molar-refractivity contribution is 6.05. The monoisotopic (exact) mass is 264 g/mol. The molecule has 1 saturated heterocycles. The fourth-order valence-electron chi connectivity index (χ4n) is 1.99. The van der Waals surface area contributed by atoms with E-state index in [1.54, 1.807) is 13.0 Å². The van der Waals surface area contributed by atoms with Crippen molar-refractivity contribution in [3.05, 3.63) is 28.3 Å². The van der Waals surface area contributed by atoms with Crippen molar-refractivity contribution in [3.63, 3.8) is 0 Å². The van der Waals surface area contributed by atoms with E-state index in [0.717, 1.165) is 0 Å². The number of nitrogens with two attached hydrogens (primary N) is 1. The van der Waals surface area contributed by atoms with E-state index in [1.165, 1.54) is 17.0 Å². The van der Waals surface area contributed by atoms with Gasteiger partial charge in [-0.3, -0.25) is 25.0 Å². The number of nitrogens with one attached hydrogen (secondary N) is 1. The van der Waals surface area contributed by atoms with Crippen molar-refractivity contribution >= 4 is 28.9 Å². The van der Waals surface area contributed by atoms with Crippen LogP contribution in [0.4, 0.5) is 17.1 Å². The first-order valence-corrected chi connectivity index (χ1v) is 5.55. The van der Waals surface area contributed by atoms with Crippen LogP contribution in [0.5, 0.6) is 0 Å². The van der Waals surface area contributed by atoms with Crippen molar-refractivity contribution in [2.75, 3.05) is 17.2 Å². The van der Waals surface area contributed by atoms with E-state index in [4.69, 9.17) is 5.73 Å². The van der Waals surface area contributed by atoms with Gasteiger partial charge in [-0.2, -0.15) is 0 Å². The van der Waals surface area contributed by atoms with Gasteiger partial charge in [-0.15, -0.1) is 0 Å². The molecule has 8 heteroatoms. The molecule has 100 valence electrons. The van der Waals surface area contributed by atoms with E-state index in [1.807, 2.05) is 0 Å². The molecule has 1 fully saturated rings. The van der Waals surface area contributed by atoms with Gasteiger partial charge in [0, 0.05) is 0 Å². The predicted molar refractivity (Wildman–Crippen MR) is 67.5 cm³/mol. The summed E-state index contributed by atoms with van der Waals surface area (Å²) >= 11 is 0. The number of nitrogen functional groups attached to an aromatic ring is 1. The Balaban J connectivity index is 2.52. The lowest BCUT2D eigenvalue weighted by Gasteiger charge is -2.33. The highest BCUT2D eigenvalue weighted by atomic mass is 16.6. The van der Waals surface area contributed by atoms with E-state index < -0.39 is 22.8 Å². The zero-order valence-electron chi connectivity index (χ0n) is 10.1. The van der Waals surface area contributed by atoms with Crippen LogP contribution in [-0.4, -0.2) is 29.3 Å². The number of hydrogen-bond acceptors (Lipinski definition) is 6. The van der Waals surface area contributed by atoms with Crippen LogP contribution >= 0.6 is 0 Å². The summed E-state index contributed by atoms with van der Waals surface area (Å²) < 4.78 is 0. The molecule has 0 radical (unpaired) electrons. The zero-order valence-corrected chi connectivity index (χ0v) is 10.1. The summed E-state index contributed by atoms with van der Waals surface area (Å²) in [7, 11) is 0. The van der Waals surface area contributed by atoms with Gasteiger partial charge in [-0.05, 0) is 19.1 Å². The van der Waals surface area contributed by atoms with Crippen LogP contribution in [0.15, 0.2) is 18.2 Å². The van der Waals surface area contributed by atoms with Crippen LogP contribution in [0.3, 0.4) is 0 Å². The molecule has 0 aliphatic carbocycles. The van der Waals surface area contributed by atoms with E-state index in [2.05, 4.69) is 5.32 Å². The average Bonchev–Trinajstić information content (AvgIpc) is 2.33. The maximum absolute atomic E-state index is 11.6. The van der Waals surface area contributed by atoms with Gasteiger partial charge in [0.2, 0.25) is 11.8 Å². The number of carbonyl (C=O) groups excluding carboxylic acids is 2. The average molecular weight is 264 g/mol. The summed E-state index contributed by atoms with van der Waals surface area (Å²) in [4.78, 5) is 34.8. The highest BCUT2D eigenvalue weighted by Crippen LogP contribution is 2.34. The molecule has 1 aromatic carbocycles. The molecule has 1 aliphatic heterocycles. The fourth-order valence-corrected chi connectivity index (χ4v) is 1.99. The topological polar surface area (TPSA) is 119 Å². The van der Waals surface area contributed by atoms with Gasteiger partial charge in [0.25, 0.3) is 0 Å². The molecule has 3 N–H and O–H groups in total. The molecule has 0 aromatic heterocycles. The Bertz CT molecular complexity index is 572. The van der Waals surface area contributed by atoms with Crippen molar-refractivity contribution < 1.29 is 14.5 Å². The summed E-state index contributed by atoms with van der Waals surface area (Å²) in [5.74, 6) is -0.993. The normalized spacial score (nSPS) is 19.2. The second kappa shape index (κ2) is 4.56. The number of anilines is 2. The molecule has 0 bridgehead atoms. The minimum absolute atomic E-state index is 0.00636. The Morgan fingerprint density at radius 1 is 1.47 bits per heavy atom. The summed E-state index contributed by atoms with van der Waals surface area (Å²) in [5, 5.41) is 13.2. The number of hydrogen-bond donors (Lipinski definition) is 2. The molecule has 1 atom stereocenters. The molecule has 2 rings (SSSR count). The van der Waals surface area contributed by atoms with Crippen molar-refractivity contribution in [2.24, 2.45) is 0 Å². The maximum Gasteiger partial charge on any atom is 0.315 e. The Kier molecular flexibility index (Phi) is 3.07. The predicted octanol–water partition coefficient (Wildman–Crippen LogP) is 0.0283. The molecule has 0 spiro atoms. The van der Waals surface area contributed by atoms with E-state index in [0.29, 0.717) is 0 Å². The maximum atomic E-state index is 11.6. The van der Waals surface area contributed by atoms with E-state index >= 15 is 0 Å². The third-order valence-electron chi connectivity index (χ3n) is 2.96. The second-order valence-corrected chi connectivity index (χ2v) is 4.19. The Morgan fingerprint density at radius 3 is 2.79 bits per heavy atom. The number of nitrogens with zero attached hydrogens (tertiary/aromatic N) is 2. The largest absolute Gasteiger partial charge is 0.393 e. The number of para-hydroxylation sites is 1. The third kappa shape index (κ3) is 2.19. The first-order chi connectivity index (χ1) is 8.91. The van der Waals surface area contributed by atoms with Crippen LogP contribution in [0.1, 0.15) is 6.92 Å². The zero-order chi connectivity index (χ0) is 14.2. The van der Waals surface area contributed by atoms with Crippen molar-refractivity contribution in [1.29, 1.82) is 0 Å². The molecule has 1 aromatic rings. The molecular weight excluding hydrogens is 252 g/mol. The number of rotatable bonds is 2. The second-order valence-electron chi connectivity index (χ2n) is 4.19. The number of nitro groups is 1. The van der Waals surface area contributed by atoms with Gasteiger partial charge in [0.05, 0.1) is 11.5 Å². The first-order valence-electron chi connectivity index (χ1n) is 5.55. The molecule has 19 heavy (non-hydrogen) atoms. The summed E-state index contributed by atoms with van der Waals surface area (Å²) in [6.07, 6.45) is 0. The quantitative estimate of drug-likeness (QED) is 0.336. The van der Waals surface area contributed by atoms with Crippen molar-refractivity contribution in [3.8, 4) is 0 Å². The number of amides is 2. The summed E-state index contributed by atoms with van der Waals surface area (Å²) in [6.45, 7) is 1.44. The van der Waals surface area contributed by atoms with Gasteiger partial charge in [-0.25, -0.2) is 0 Å².